The van der Waals surface area contributed by atoms with Crippen LogP contribution in [0.3, 0.4) is 0 Å². The third-order valence-corrected chi connectivity index (χ3v) is 4.35. The first-order valence-corrected chi connectivity index (χ1v) is 7.76. The molecule has 23 heavy (non-hydrogen) atoms. The van der Waals surface area contributed by atoms with E-state index >= 15 is 0 Å². The second-order valence-electron chi connectivity index (χ2n) is 5.61. The molecule has 0 saturated heterocycles. The van der Waals surface area contributed by atoms with Crippen LogP contribution in [0.2, 0.25) is 0 Å². The van der Waals surface area contributed by atoms with E-state index in [1.807, 2.05) is 67.6 Å². The molecule has 4 rings (SSSR count). The summed E-state index contributed by atoms with van der Waals surface area (Å²) in [5, 5.41) is 11.6. The van der Waals surface area contributed by atoms with Gasteiger partial charge in [0.25, 0.3) is 0 Å². The van der Waals surface area contributed by atoms with Crippen LogP contribution in [-0.4, -0.2) is 16.7 Å². The van der Waals surface area contributed by atoms with Gasteiger partial charge in [-0.05, 0) is 30.7 Å². The maximum Gasteiger partial charge on any atom is 0.143 e. The van der Waals surface area contributed by atoms with Gasteiger partial charge in [0.1, 0.15) is 11.4 Å². The van der Waals surface area contributed by atoms with Crippen molar-refractivity contribution >= 4 is 0 Å². The molecule has 1 aliphatic rings. The molecule has 1 unspecified atom stereocenters. The number of pyridine rings is 1. The average Bonchev–Trinajstić information content (AvgIpc) is 2.87. The summed E-state index contributed by atoms with van der Waals surface area (Å²) >= 11 is 0. The Morgan fingerprint density at radius 2 is 1.70 bits per heavy atom. The summed E-state index contributed by atoms with van der Waals surface area (Å²) in [5.41, 5.74) is 3.17. The molecule has 1 N–H and O–H groups in total. The van der Waals surface area contributed by atoms with Crippen molar-refractivity contribution in [2.45, 2.75) is 12.5 Å². The van der Waals surface area contributed by atoms with Crippen molar-refractivity contribution < 1.29 is 9.84 Å². The SMILES string of the molecule is CCOc1ccc(C2(O)c3ccccc3-c3ncccc32)cc1. The largest absolute Gasteiger partial charge is 0.494 e. The Morgan fingerprint density at radius 3 is 2.48 bits per heavy atom. The van der Waals surface area contributed by atoms with E-state index in [2.05, 4.69) is 4.98 Å². The maximum absolute atomic E-state index is 11.6. The van der Waals surface area contributed by atoms with Crippen LogP contribution >= 0.6 is 0 Å². The maximum atomic E-state index is 11.6. The summed E-state index contributed by atoms with van der Waals surface area (Å²) in [7, 11) is 0. The molecule has 3 aromatic rings. The third kappa shape index (κ3) is 1.97. The summed E-state index contributed by atoms with van der Waals surface area (Å²) in [6.45, 7) is 2.58. The van der Waals surface area contributed by atoms with Crippen LogP contribution in [0.4, 0.5) is 0 Å². The van der Waals surface area contributed by atoms with E-state index in [-0.39, 0.29) is 0 Å². The monoisotopic (exact) mass is 303 g/mol. The molecule has 0 fully saturated rings. The quantitative estimate of drug-likeness (QED) is 0.801. The molecule has 0 radical (unpaired) electrons. The average molecular weight is 303 g/mol. The van der Waals surface area contributed by atoms with Crippen molar-refractivity contribution in [1.82, 2.24) is 4.98 Å². The van der Waals surface area contributed by atoms with Crippen molar-refractivity contribution in [2.75, 3.05) is 6.61 Å². The molecular formula is C20H17NO2. The Morgan fingerprint density at radius 1 is 0.957 bits per heavy atom. The van der Waals surface area contributed by atoms with E-state index in [0.717, 1.165) is 33.7 Å². The Bertz CT molecular complexity index is 810. The lowest BCUT2D eigenvalue weighted by atomic mass is 9.84. The van der Waals surface area contributed by atoms with Gasteiger partial charge >= 0.3 is 0 Å². The van der Waals surface area contributed by atoms with E-state index in [1.165, 1.54) is 0 Å². The summed E-state index contributed by atoms with van der Waals surface area (Å²) in [6.07, 6.45) is 1.76. The molecule has 1 heterocycles. The zero-order chi connectivity index (χ0) is 15.9. The van der Waals surface area contributed by atoms with Gasteiger partial charge in [0.05, 0.1) is 12.3 Å². The fourth-order valence-electron chi connectivity index (χ4n) is 3.33. The predicted octanol–water partition coefficient (Wildman–Crippen LogP) is 3.74. The fraction of sp³-hybridized carbons (Fsp3) is 0.150. The van der Waals surface area contributed by atoms with E-state index in [9.17, 15) is 5.11 Å². The molecule has 0 aliphatic heterocycles. The fourth-order valence-corrected chi connectivity index (χ4v) is 3.33. The predicted molar refractivity (Wildman–Crippen MR) is 89.4 cm³/mol. The first-order chi connectivity index (χ1) is 11.2. The van der Waals surface area contributed by atoms with Gasteiger partial charge in [-0.2, -0.15) is 0 Å². The van der Waals surface area contributed by atoms with Gasteiger partial charge in [-0.15, -0.1) is 0 Å². The highest BCUT2D eigenvalue weighted by Gasteiger charge is 2.43. The Hall–Kier alpha value is -2.65. The van der Waals surface area contributed by atoms with Gasteiger partial charge in [0.15, 0.2) is 0 Å². The molecule has 1 aromatic heterocycles. The number of hydrogen-bond donors (Lipinski definition) is 1. The molecule has 0 amide bonds. The summed E-state index contributed by atoms with van der Waals surface area (Å²) < 4.78 is 5.50. The number of nitrogens with zero attached hydrogens (tertiary/aromatic N) is 1. The van der Waals surface area contributed by atoms with Gasteiger partial charge in [-0.3, -0.25) is 4.98 Å². The first-order valence-electron chi connectivity index (χ1n) is 7.76. The number of rotatable bonds is 3. The van der Waals surface area contributed by atoms with Crippen LogP contribution in [0.25, 0.3) is 11.3 Å². The zero-order valence-corrected chi connectivity index (χ0v) is 12.9. The Balaban J connectivity index is 1.92. The van der Waals surface area contributed by atoms with Gasteiger partial charge in [-0.25, -0.2) is 0 Å². The smallest absolute Gasteiger partial charge is 0.143 e. The zero-order valence-electron chi connectivity index (χ0n) is 12.9. The molecule has 1 aliphatic carbocycles. The lowest BCUT2D eigenvalue weighted by Crippen LogP contribution is -2.26. The summed E-state index contributed by atoms with van der Waals surface area (Å²) in [5.74, 6) is 0.803. The number of aromatic nitrogens is 1. The molecular weight excluding hydrogens is 286 g/mol. The number of benzene rings is 2. The van der Waals surface area contributed by atoms with Crippen molar-refractivity contribution in [2.24, 2.45) is 0 Å². The van der Waals surface area contributed by atoms with E-state index in [0.29, 0.717) is 6.61 Å². The molecule has 0 spiro atoms. The van der Waals surface area contributed by atoms with Crippen LogP contribution in [-0.2, 0) is 5.60 Å². The molecule has 3 nitrogen and oxygen atoms in total. The first kappa shape index (κ1) is 14.0. The standard InChI is InChI=1S/C20H17NO2/c1-2-23-15-11-9-14(10-12-15)20(22)17-7-4-3-6-16(17)19-18(20)8-5-13-21-19/h3-13,22H,2H2,1H3. The van der Waals surface area contributed by atoms with Crippen LogP contribution in [0.1, 0.15) is 23.6 Å². The lowest BCUT2D eigenvalue weighted by Gasteiger charge is -2.26. The number of hydrogen-bond acceptors (Lipinski definition) is 3. The van der Waals surface area contributed by atoms with Crippen molar-refractivity contribution in [1.29, 1.82) is 0 Å². The van der Waals surface area contributed by atoms with Gasteiger partial charge in [0.2, 0.25) is 0 Å². The van der Waals surface area contributed by atoms with Gasteiger partial charge in [-0.1, -0.05) is 42.5 Å². The van der Waals surface area contributed by atoms with Crippen LogP contribution in [0.15, 0.2) is 66.9 Å². The molecule has 114 valence electrons. The van der Waals surface area contributed by atoms with Crippen LogP contribution in [0, 0.1) is 0 Å². The van der Waals surface area contributed by atoms with Crippen molar-refractivity contribution in [3.8, 4) is 17.0 Å². The normalized spacial score (nSPS) is 18.3. The Labute approximate surface area is 135 Å². The third-order valence-electron chi connectivity index (χ3n) is 4.35. The van der Waals surface area contributed by atoms with Gasteiger partial charge < -0.3 is 9.84 Å². The van der Waals surface area contributed by atoms with E-state index < -0.39 is 5.60 Å². The summed E-state index contributed by atoms with van der Waals surface area (Å²) in [4.78, 5) is 4.48. The van der Waals surface area contributed by atoms with Crippen LogP contribution < -0.4 is 4.74 Å². The lowest BCUT2D eigenvalue weighted by molar-refractivity contribution is 0.130. The van der Waals surface area contributed by atoms with E-state index in [1.54, 1.807) is 6.20 Å². The minimum Gasteiger partial charge on any atom is -0.494 e. The van der Waals surface area contributed by atoms with Gasteiger partial charge in [0, 0.05) is 22.9 Å². The second-order valence-corrected chi connectivity index (χ2v) is 5.61. The molecule has 1 atom stereocenters. The highest BCUT2D eigenvalue weighted by molar-refractivity contribution is 5.79. The summed E-state index contributed by atoms with van der Waals surface area (Å²) in [6, 6.07) is 19.3. The molecule has 0 saturated carbocycles. The van der Waals surface area contributed by atoms with Crippen molar-refractivity contribution in [3.05, 3.63) is 83.6 Å². The minimum atomic E-state index is -1.18. The Kier molecular flexibility index (Phi) is 3.17. The number of aliphatic hydroxyl groups is 1. The number of fused-ring (bicyclic) bond motifs is 3. The van der Waals surface area contributed by atoms with Crippen molar-refractivity contribution in [3.63, 3.8) is 0 Å². The van der Waals surface area contributed by atoms with E-state index in [4.69, 9.17) is 4.74 Å². The van der Waals surface area contributed by atoms with Crippen LogP contribution in [0.5, 0.6) is 5.75 Å². The molecule has 0 bridgehead atoms. The molecule has 3 heteroatoms. The topological polar surface area (TPSA) is 42.4 Å². The number of ether oxygens (including phenoxy) is 1. The highest BCUT2D eigenvalue weighted by Crippen LogP contribution is 2.49. The highest BCUT2D eigenvalue weighted by atomic mass is 16.5. The minimum absolute atomic E-state index is 0.624. The second kappa shape index (κ2) is 5.21. The molecule has 2 aromatic carbocycles.